The number of hydrogen-bond acceptors (Lipinski definition) is 9. The lowest BCUT2D eigenvalue weighted by Gasteiger charge is -2.23. The number of para-hydroxylation sites is 2. The van der Waals surface area contributed by atoms with E-state index in [1.165, 1.54) is 30.3 Å². The predicted octanol–water partition coefficient (Wildman–Crippen LogP) is 4.26. The highest BCUT2D eigenvalue weighted by Gasteiger charge is 2.33. The van der Waals surface area contributed by atoms with Crippen molar-refractivity contribution in [3.05, 3.63) is 88.5 Å². The largest absolute Gasteiger partial charge is 0.457 e. The van der Waals surface area contributed by atoms with E-state index in [1.54, 1.807) is 36.4 Å². The Kier molecular flexibility index (Phi) is 8.89. The van der Waals surface area contributed by atoms with Crippen molar-refractivity contribution in [3.8, 4) is 11.5 Å². The van der Waals surface area contributed by atoms with Gasteiger partial charge in [-0.15, -0.1) is 0 Å². The number of benzene rings is 3. The number of carbonyl (C=O) groups is 2. The molecule has 1 fully saturated rings. The molecular weight excluding hydrogens is 526 g/mol. The van der Waals surface area contributed by atoms with Gasteiger partial charge in [-0.3, -0.25) is 14.9 Å². The maximum absolute atomic E-state index is 13.5. The highest BCUT2D eigenvalue weighted by Crippen LogP contribution is 2.32. The zero-order chi connectivity index (χ0) is 27.8. The molecule has 0 bridgehead atoms. The molecule has 1 heterocycles. The van der Waals surface area contributed by atoms with E-state index in [1.807, 2.05) is 0 Å². The zero-order valence-electron chi connectivity index (χ0n) is 20.9. The summed E-state index contributed by atoms with van der Waals surface area (Å²) in [5, 5.41) is 14.9. The first-order valence-electron chi connectivity index (χ1n) is 12.2. The van der Waals surface area contributed by atoms with Gasteiger partial charge in [0.1, 0.15) is 23.5 Å². The molecule has 11 nitrogen and oxygen atoms in total. The maximum atomic E-state index is 13.5. The Balaban J connectivity index is 1.63. The standard InChI is InChI=1S/C27H27N3O8S/c31-15-14-29(27(32)23-8-4-5-9-26(23)38-21-6-2-1-3-7-21)39(35,36)22-10-11-24(25(18-22)30(33)34)28-19-20-12-16-37-17-13-20/h1-11,15,18,20,28H,12-14,16-17,19H2. The lowest BCUT2D eigenvalue weighted by Crippen LogP contribution is -2.38. The van der Waals surface area contributed by atoms with Crippen LogP contribution >= 0.6 is 0 Å². The van der Waals surface area contributed by atoms with Crippen LogP contribution in [0.5, 0.6) is 11.5 Å². The molecule has 0 atom stereocenters. The van der Waals surface area contributed by atoms with Crippen LogP contribution in [0.15, 0.2) is 77.7 Å². The number of amides is 1. The second-order valence-electron chi connectivity index (χ2n) is 8.79. The van der Waals surface area contributed by atoms with Crippen LogP contribution in [-0.2, 0) is 19.6 Å². The smallest absolute Gasteiger partial charge is 0.293 e. The molecule has 0 spiro atoms. The van der Waals surface area contributed by atoms with E-state index in [0.29, 0.717) is 29.8 Å². The topological polar surface area (TPSA) is 145 Å². The summed E-state index contributed by atoms with van der Waals surface area (Å²) in [5.41, 5.74) is -0.411. The summed E-state index contributed by atoms with van der Waals surface area (Å²) in [6.45, 7) is 0.903. The quantitative estimate of drug-likeness (QED) is 0.209. The third kappa shape index (κ3) is 6.59. The van der Waals surface area contributed by atoms with Gasteiger partial charge in [-0.2, -0.15) is 0 Å². The zero-order valence-corrected chi connectivity index (χ0v) is 21.7. The highest BCUT2D eigenvalue weighted by molar-refractivity contribution is 7.89. The first kappa shape index (κ1) is 27.7. The second-order valence-corrected chi connectivity index (χ2v) is 10.7. The molecule has 1 amide bonds. The van der Waals surface area contributed by atoms with Crippen LogP contribution in [0.2, 0.25) is 0 Å². The molecule has 1 N–H and O–H groups in total. The van der Waals surface area contributed by atoms with Crippen LogP contribution in [0.3, 0.4) is 0 Å². The normalized spacial score (nSPS) is 13.8. The first-order valence-corrected chi connectivity index (χ1v) is 13.7. The summed E-state index contributed by atoms with van der Waals surface area (Å²) >= 11 is 0. The molecule has 0 aliphatic carbocycles. The minimum atomic E-state index is -4.66. The molecule has 204 valence electrons. The number of nitro benzene ring substituents is 1. The third-order valence-corrected chi connectivity index (χ3v) is 7.98. The van der Waals surface area contributed by atoms with E-state index in [2.05, 4.69) is 5.32 Å². The summed E-state index contributed by atoms with van der Waals surface area (Å²) < 4.78 is 38.6. The van der Waals surface area contributed by atoms with Gasteiger partial charge in [-0.05, 0) is 55.2 Å². The Hall–Kier alpha value is -4.29. The Labute approximate surface area is 225 Å². The van der Waals surface area contributed by atoms with E-state index >= 15 is 0 Å². The van der Waals surface area contributed by atoms with Crippen molar-refractivity contribution in [3.63, 3.8) is 0 Å². The number of anilines is 1. The molecule has 3 aromatic carbocycles. The van der Waals surface area contributed by atoms with Gasteiger partial charge in [0.05, 0.1) is 21.9 Å². The molecule has 12 heteroatoms. The average Bonchev–Trinajstić information content (AvgIpc) is 2.95. The van der Waals surface area contributed by atoms with Gasteiger partial charge in [-0.1, -0.05) is 30.3 Å². The van der Waals surface area contributed by atoms with Crippen LogP contribution in [0, 0.1) is 16.0 Å². The lowest BCUT2D eigenvalue weighted by atomic mass is 10.0. The van der Waals surface area contributed by atoms with Crippen molar-refractivity contribution >= 4 is 33.6 Å². The molecule has 1 aliphatic rings. The lowest BCUT2D eigenvalue weighted by molar-refractivity contribution is -0.384. The summed E-state index contributed by atoms with van der Waals surface area (Å²) in [6, 6.07) is 17.9. The number of nitrogens with zero attached hydrogens (tertiary/aromatic N) is 2. The van der Waals surface area contributed by atoms with E-state index in [-0.39, 0.29) is 29.2 Å². The minimum Gasteiger partial charge on any atom is -0.457 e. The first-order chi connectivity index (χ1) is 18.8. The Bertz CT molecular complexity index is 1440. The summed E-state index contributed by atoms with van der Waals surface area (Å²) in [6.07, 6.45) is 1.89. The van der Waals surface area contributed by atoms with E-state index in [9.17, 15) is 28.1 Å². The summed E-state index contributed by atoms with van der Waals surface area (Å²) in [5.74, 6) is -0.251. The number of nitro groups is 1. The molecule has 39 heavy (non-hydrogen) atoms. The number of carbonyl (C=O) groups excluding carboxylic acids is 2. The predicted molar refractivity (Wildman–Crippen MR) is 142 cm³/mol. The summed E-state index contributed by atoms with van der Waals surface area (Å²) in [4.78, 5) is 35.6. The van der Waals surface area contributed by atoms with Crippen molar-refractivity contribution < 1.29 is 32.4 Å². The van der Waals surface area contributed by atoms with Gasteiger partial charge in [-0.25, -0.2) is 12.7 Å². The maximum Gasteiger partial charge on any atom is 0.293 e. The van der Waals surface area contributed by atoms with Gasteiger partial charge in [0.2, 0.25) is 0 Å². The molecular formula is C27H27N3O8S. The van der Waals surface area contributed by atoms with Crippen molar-refractivity contribution in [1.82, 2.24) is 4.31 Å². The number of sulfonamides is 1. The molecule has 0 radical (unpaired) electrons. The van der Waals surface area contributed by atoms with Crippen LogP contribution in [0.25, 0.3) is 0 Å². The monoisotopic (exact) mass is 553 g/mol. The number of hydrogen-bond donors (Lipinski definition) is 1. The molecule has 1 saturated heterocycles. The fourth-order valence-electron chi connectivity index (χ4n) is 4.14. The Morgan fingerprint density at radius 3 is 2.46 bits per heavy atom. The molecule has 3 aromatic rings. The van der Waals surface area contributed by atoms with Crippen LogP contribution in [0.1, 0.15) is 23.2 Å². The number of ether oxygens (including phenoxy) is 2. The fourth-order valence-corrected chi connectivity index (χ4v) is 5.47. The van der Waals surface area contributed by atoms with Crippen LogP contribution in [0.4, 0.5) is 11.4 Å². The van der Waals surface area contributed by atoms with Gasteiger partial charge in [0.15, 0.2) is 0 Å². The van der Waals surface area contributed by atoms with Crippen molar-refractivity contribution in [1.29, 1.82) is 0 Å². The summed E-state index contributed by atoms with van der Waals surface area (Å²) in [7, 11) is -4.66. The SMILES string of the molecule is O=CCN(C(=O)c1ccccc1Oc1ccccc1)S(=O)(=O)c1ccc(NCC2CCOCC2)c([N+](=O)[O-])c1. The Morgan fingerprint density at radius 2 is 1.77 bits per heavy atom. The average molecular weight is 554 g/mol. The molecule has 0 unspecified atom stereocenters. The highest BCUT2D eigenvalue weighted by atomic mass is 32.2. The Morgan fingerprint density at radius 1 is 1.08 bits per heavy atom. The van der Waals surface area contributed by atoms with Crippen molar-refractivity contribution in [2.75, 3.05) is 31.6 Å². The minimum absolute atomic E-state index is 0.0819. The van der Waals surface area contributed by atoms with Gasteiger partial charge in [0, 0.05) is 25.8 Å². The van der Waals surface area contributed by atoms with Crippen LogP contribution in [-0.4, -0.2) is 56.1 Å². The molecule has 1 aliphatic heterocycles. The van der Waals surface area contributed by atoms with E-state index < -0.39 is 38.0 Å². The van der Waals surface area contributed by atoms with Crippen LogP contribution < -0.4 is 10.1 Å². The molecule has 4 rings (SSSR count). The number of aldehydes is 1. The van der Waals surface area contributed by atoms with Gasteiger partial charge in [0.25, 0.3) is 21.6 Å². The third-order valence-electron chi connectivity index (χ3n) is 6.23. The van der Waals surface area contributed by atoms with Gasteiger partial charge >= 0.3 is 0 Å². The fraction of sp³-hybridized carbons (Fsp3) is 0.259. The van der Waals surface area contributed by atoms with E-state index in [4.69, 9.17) is 9.47 Å². The van der Waals surface area contributed by atoms with E-state index in [0.717, 1.165) is 18.9 Å². The molecule has 0 saturated carbocycles. The van der Waals surface area contributed by atoms with Crippen molar-refractivity contribution in [2.45, 2.75) is 17.7 Å². The van der Waals surface area contributed by atoms with Crippen molar-refractivity contribution in [2.24, 2.45) is 5.92 Å². The van der Waals surface area contributed by atoms with Gasteiger partial charge < -0.3 is 19.6 Å². The number of rotatable bonds is 11. The number of nitrogens with one attached hydrogen (secondary N) is 1. The molecule has 0 aromatic heterocycles. The second kappa shape index (κ2) is 12.5.